The topological polar surface area (TPSA) is 47.8 Å². The van der Waals surface area contributed by atoms with Crippen molar-refractivity contribution in [2.45, 2.75) is 19.3 Å². The zero-order valence-electron chi connectivity index (χ0n) is 11.2. The largest absolute Gasteiger partial charge is 0.292 e. The highest BCUT2D eigenvalue weighted by Crippen LogP contribution is 2.26. The quantitative estimate of drug-likeness (QED) is 0.811. The van der Waals surface area contributed by atoms with Crippen molar-refractivity contribution in [2.24, 2.45) is 5.92 Å². The highest BCUT2D eigenvalue weighted by Gasteiger charge is 2.21. The summed E-state index contributed by atoms with van der Waals surface area (Å²) in [7, 11) is 0. The molecule has 2 aromatic rings. The number of carbonyl (C=O) groups is 1. The molecule has 1 aromatic heterocycles. The molecule has 1 aliphatic rings. The number of benzene rings is 1. The minimum Gasteiger partial charge on any atom is -0.292 e. The maximum absolute atomic E-state index is 12.5. The lowest BCUT2D eigenvalue weighted by molar-refractivity contribution is 0.0951. The lowest BCUT2D eigenvalue weighted by Gasteiger charge is -2.20. The van der Waals surface area contributed by atoms with Crippen molar-refractivity contribution in [3.63, 3.8) is 0 Å². The standard InChI is InChI=1S/C15H17N3OS/c19-15(10-12-6-8-20-9-7-12)14-11-16-17-18(14)13-4-2-1-3-5-13/h1-5,11-12H,6-10H2. The van der Waals surface area contributed by atoms with Crippen molar-refractivity contribution >= 4 is 17.5 Å². The minimum absolute atomic E-state index is 0.149. The molecule has 0 spiro atoms. The van der Waals surface area contributed by atoms with E-state index in [-0.39, 0.29) is 5.78 Å². The third-order valence-corrected chi connectivity index (χ3v) is 4.70. The second-order valence-electron chi connectivity index (χ2n) is 5.05. The molecule has 5 heteroatoms. The zero-order valence-corrected chi connectivity index (χ0v) is 12.1. The Balaban J connectivity index is 1.77. The van der Waals surface area contributed by atoms with Crippen LogP contribution in [0.3, 0.4) is 0 Å². The van der Waals surface area contributed by atoms with Crippen LogP contribution in [-0.2, 0) is 0 Å². The van der Waals surface area contributed by atoms with Crippen LogP contribution in [0.4, 0.5) is 0 Å². The van der Waals surface area contributed by atoms with Gasteiger partial charge in [-0.1, -0.05) is 23.4 Å². The summed E-state index contributed by atoms with van der Waals surface area (Å²) in [6.07, 6.45) is 4.47. The summed E-state index contributed by atoms with van der Waals surface area (Å²) in [4.78, 5) is 12.5. The number of aromatic nitrogens is 3. The van der Waals surface area contributed by atoms with Gasteiger partial charge in [-0.25, -0.2) is 4.68 Å². The molecule has 1 aromatic carbocycles. The maximum Gasteiger partial charge on any atom is 0.183 e. The van der Waals surface area contributed by atoms with E-state index in [0.717, 1.165) is 18.5 Å². The molecular weight excluding hydrogens is 270 g/mol. The second kappa shape index (κ2) is 6.22. The fourth-order valence-corrected chi connectivity index (χ4v) is 3.71. The van der Waals surface area contributed by atoms with Crippen LogP contribution >= 0.6 is 11.8 Å². The molecule has 4 nitrogen and oxygen atoms in total. The van der Waals surface area contributed by atoms with Crippen molar-refractivity contribution in [2.75, 3.05) is 11.5 Å². The van der Waals surface area contributed by atoms with Crippen molar-refractivity contribution in [3.05, 3.63) is 42.2 Å². The molecule has 0 radical (unpaired) electrons. The van der Waals surface area contributed by atoms with E-state index in [2.05, 4.69) is 10.3 Å². The van der Waals surface area contributed by atoms with E-state index in [4.69, 9.17) is 0 Å². The predicted octanol–water partition coefficient (Wildman–Crippen LogP) is 2.98. The summed E-state index contributed by atoms with van der Waals surface area (Å²) in [5, 5.41) is 7.94. The van der Waals surface area contributed by atoms with E-state index in [1.54, 1.807) is 10.9 Å². The van der Waals surface area contributed by atoms with E-state index < -0.39 is 0 Å². The van der Waals surface area contributed by atoms with Gasteiger partial charge >= 0.3 is 0 Å². The number of para-hydroxylation sites is 1. The van der Waals surface area contributed by atoms with Gasteiger partial charge in [-0.05, 0) is 42.4 Å². The highest BCUT2D eigenvalue weighted by molar-refractivity contribution is 7.99. The number of nitrogens with zero attached hydrogens (tertiary/aromatic N) is 3. The summed E-state index contributed by atoms with van der Waals surface area (Å²) in [5.74, 6) is 3.01. The van der Waals surface area contributed by atoms with Crippen molar-refractivity contribution in [3.8, 4) is 5.69 Å². The molecule has 1 saturated heterocycles. The van der Waals surface area contributed by atoms with Crippen LogP contribution < -0.4 is 0 Å². The summed E-state index contributed by atoms with van der Waals surface area (Å²) in [6, 6.07) is 9.68. The molecule has 1 fully saturated rings. The molecule has 104 valence electrons. The Morgan fingerprint density at radius 3 is 2.75 bits per heavy atom. The predicted molar refractivity (Wildman–Crippen MR) is 80.4 cm³/mol. The molecule has 0 N–H and O–H groups in total. The zero-order chi connectivity index (χ0) is 13.8. The van der Waals surface area contributed by atoms with E-state index in [9.17, 15) is 4.79 Å². The van der Waals surface area contributed by atoms with Gasteiger partial charge in [0, 0.05) is 6.42 Å². The number of rotatable bonds is 4. The number of thioether (sulfide) groups is 1. The van der Waals surface area contributed by atoms with E-state index >= 15 is 0 Å². The van der Waals surface area contributed by atoms with Gasteiger partial charge in [0.1, 0.15) is 5.69 Å². The Labute approximate surface area is 122 Å². The Kier molecular flexibility index (Phi) is 4.16. The SMILES string of the molecule is O=C(CC1CCSCC1)c1cnnn1-c1ccccc1. The normalized spacial score (nSPS) is 16.2. The van der Waals surface area contributed by atoms with Crippen LogP contribution in [0.2, 0.25) is 0 Å². The van der Waals surface area contributed by atoms with Crippen LogP contribution in [0.15, 0.2) is 36.5 Å². The van der Waals surface area contributed by atoms with Crippen LogP contribution in [-0.4, -0.2) is 32.3 Å². The van der Waals surface area contributed by atoms with Crippen LogP contribution in [0.25, 0.3) is 5.69 Å². The number of carbonyl (C=O) groups excluding carboxylic acids is 1. The average molecular weight is 287 g/mol. The maximum atomic E-state index is 12.5. The molecule has 0 saturated carbocycles. The first-order chi connectivity index (χ1) is 9.84. The first kappa shape index (κ1) is 13.4. The Hall–Kier alpha value is -1.62. The van der Waals surface area contributed by atoms with Gasteiger partial charge in [-0.2, -0.15) is 11.8 Å². The number of Topliss-reactive ketones (excluding diaryl/α,β-unsaturated/α-hetero) is 1. The van der Waals surface area contributed by atoms with Crippen molar-refractivity contribution in [1.82, 2.24) is 15.0 Å². The molecule has 0 bridgehead atoms. The molecule has 3 rings (SSSR count). The molecule has 0 unspecified atom stereocenters. The Morgan fingerprint density at radius 2 is 2.00 bits per heavy atom. The van der Waals surface area contributed by atoms with Crippen LogP contribution in [0, 0.1) is 5.92 Å². The average Bonchev–Trinajstić information content (AvgIpc) is 2.99. The van der Waals surface area contributed by atoms with Gasteiger partial charge in [0.15, 0.2) is 5.78 Å². The van der Waals surface area contributed by atoms with Crippen LogP contribution in [0.1, 0.15) is 29.8 Å². The molecule has 2 heterocycles. The molecule has 0 amide bonds. The lowest BCUT2D eigenvalue weighted by Crippen LogP contribution is -2.17. The molecular formula is C15H17N3OS. The second-order valence-corrected chi connectivity index (χ2v) is 6.27. The third kappa shape index (κ3) is 2.93. The monoisotopic (exact) mass is 287 g/mol. The van der Waals surface area contributed by atoms with Crippen molar-refractivity contribution in [1.29, 1.82) is 0 Å². The van der Waals surface area contributed by atoms with Gasteiger partial charge in [0.2, 0.25) is 0 Å². The fourth-order valence-electron chi connectivity index (χ4n) is 2.50. The van der Waals surface area contributed by atoms with Gasteiger partial charge in [0.25, 0.3) is 0 Å². The summed E-state index contributed by atoms with van der Waals surface area (Å²) >= 11 is 1.98. The molecule has 1 aliphatic heterocycles. The first-order valence-corrected chi connectivity index (χ1v) is 8.07. The fraction of sp³-hybridized carbons (Fsp3) is 0.400. The summed E-state index contributed by atoms with van der Waals surface area (Å²) in [6.45, 7) is 0. The molecule has 20 heavy (non-hydrogen) atoms. The minimum atomic E-state index is 0.149. The smallest absolute Gasteiger partial charge is 0.183 e. The van der Waals surface area contributed by atoms with E-state index in [1.807, 2.05) is 42.1 Å². The number of hydrogen-bond acceptors (Lipinski definition) is 4. The highest BCUT2D eigenvalue weighted by atomic mass is 32.2. The van der Waals surface area contributed by atoms with E-state index in [0.29, 0.717) is 18.0 Å². The Morgan fingerprint density at radius 1 is 1.25 bits per heavy atom. The van der Waals surface area contributed by atoms with Crippen LogP contribution in [0.5, 0.6) is 0 Å². The lowest BCUT2D eigenvalue weighted by atomic mass is 9.95. The number of hydrogen-bond donors (Lipinski definition) is 0. The molecule has 0 atom stereocenters. The first-order valence-electron chi connectivity index (χ1n) is 6.91. The molecule has 0 aliphatic carbocycles. The third-order valence-electron chi connectivity index (χ3n) is 3.65. The summed E-state index contributed by atoms with van der Waals surface area (Å²) in [5.41, 5.74) is 1.47. The van der Waals surface area contributed by atoms with Crippen molar-refractivity contribution < 1.29 is 4.79 Å². The van der Waals surface area contributed by atoms with E-state index in [1.165, 1.54) is 11.5 Å². The van der Waals surface area contributed by atoms with Gasteiger partial charge in [0.05, 0.1) is 11.9 Å². The summed E-state index contributed by atoms with van der Waals surface area (Å²) < 4.78 is 1.64. The van der Waals surface area contributed by atoms with Gasteiger partial charge in [-0.3, -0.25) is 4.79 Å². The van der Waals surface area contributed by atoms with Gasteiger partial charge < -0.3 is 0 Å². The Bertz CT molecular complexity index is 576. The number of ketones is 1. The van der Waals surface area contributed by atoms with Gasteiger partial charge in [-0.15, -0.1) is 5.10 Å².